The van der Waals surface area contributed by atoms with Gasteiger partial charge < -0.3 is 4.74 Å². The van der Waals surface area contributed by atoms with Gasteiger partial charge in [-0.25, -0.2) is 19.7 Å². The summed E-state index contributed by atoms with van der Waals surface area (Å²) in [7, 11) is 1.27. The van der Waals surface area contributed by atoms with Gasteiger partial charge in [0.1, 0.15) is 6.04 Å². The molecule has 1 rings (SSSR count). The largest absolute Gasteiger partial charge is 0.467 e. The van der Waals surface area contributed by atoms with Gasteiger partial charge in [-0.2, -0.15) is 5.26 Å². The summed E-state index contributed by atoms with van der Waals surface area (Å²) in [6.45, 7) is 5.17. The van der Waals surface area contributed by atoms with E-state index in [1.807, 2.05) is 6.19 Å². The normalized spacial score (nSPS) is 11.5. The number of carbonyl (C=O) groups is 1. The van der Waals surface area contributed by atoms with Crippen LogP contribution in [-0.4, -0.2) is 29.1 Å². The van der Waals surface area contributed by atoms with Crippen LogP contribution in [0.2, 0.25) is 0 Å². The average Bonchev–Trinajstić information content (AvgIpc) is 2.27. The fraction of sp³-hybridized carbons (Fsp3) is 0.455. The molecule has 17 heavy (non-hydrogen) atoms. The number of anilines is 1. The van der Waals surface area contributed by atoms with Crippen molar-refractivity contribution in [3.8, 4) is 6.19 Å². The van der Waals surface area contributed by atoms with Gasteiger partial charge in [0.05, 0.1) is 7.11 Å². The molecule has 0 bridgehead atoms. The van der Waals surface area contributed by atoms with E-state index in [1.54, 1.807) is 26.8 Å². The molecule has 0 aromatic carbocycles. The Hall–Kier alpha value is -2.16. The van der Waals surface area contributed by atoms with Crippen LogP contribution in [0.15, 0.2) is 6.07 Å². The Kier molecular flexibility index (Phi) is 3.99. The molecule has 90 valence electrons. The smallest absolute Gasteiger partial charge is 0.329 e. The summed E-state index contributed by atoms with van der Waals surface area (Å²) < 4.78 is 4.59. The van der Waals surface area contributed by atoms with E-state index < -0.39 is 12.0 Å². The summed E-state index contributed by atoms with van der Waals surface area (Å²) in [6, 6.07) is 1.05. The van der Waals surface area contributed by atoms with Gasteiger partial charge in [0.15, 0.2) is 6.19 Å². The number of nitrogens with zero attached hydrogens (tertiary/aromatic N) is 4. The van der Waals surface area contributed by atoms with Gasteiger partial charge in [-0.15, -0.1) is 0 Å². The van der Waals surface area contributed by atoms with Crippen molar-refractivity contribution in [1.82, 2.24) is 9.97 Å². The van der Waals surface area contributed by atoms with Gasteiger partial charge in [0.25, 0.3) is 0 Å². The van der Waals surface area contributed by atoms with Crippen LogP contribution in [0, 0.1) is 25.3 Å². The van der Waals surface area contributed by atoms with Gasteiger partial charge in [0, 0.05) is 11.4 Å². The summed E-state index contributed by atoms with van der Waals surface area (Å²) >= 11 is 0. The van der Waals surface area contributed by atoms with Crippen molar-refractivity contribution in [2.45, 2.75) is 26.8 Å². The number of hydrogen-bond acceptors (Lipinski definition) is 6. The van der Waals surface area contributed by atoms with E-state index in [4.69, 9.17) is 5.26 Å². The second kappa shape index (κ2) is 5.25. The standard InChI is InChI=1S/C11H14N4O2/c1-7-5-8(2)14-11(13-7)15(6-12)9(3)10(16)17-4/h5,9H,1-4H3/t9-/m0/s1. The zero-order valence-corrected chi connectivity index (χ0v) is 10.3. The second-order valence-electron chi connectivity index (χ2n) is 3.62. The van der Waals surface area contributed by atoms with Crippen LogP contribution in [0.4, 0.5) is 5.95 Å². The van der Waals surface area contributed by atoms with Crippen molar-refractivity contribution in [1.29, 1.82) is 5.26 Å². The van der Waals surface area contributed by atoms with E-state index in [0.29, 0.717) is 0 Å². The molecule has 0 radical (unpaired) electrons. The highest BCUT2D eigenvalue weighted by molar-refractivity contribution is 5.79. The minimum atomic E-state index is -0.744. The fourth-order valence-corrected chi connectivity index (χ4v) is 1.40. The molecular formula is C11H14N4O2. The molecule has 0 aliphatic carbocycles. The summed E-state index contributed by atoms with van der Waals surface area (Å²) in [4.78, 5) is 20.8. The predicted octanol–water partition coefficient (Wildman–Crippen LogP) is 0.942. The zero-order chi connectivity index (χ0) is 13.0. The maximum Gasteiger partial charge on any atom is 0.329 e. The second-order valence-corrected chi connectivity index (χ2v) is 3.62. The highest BCUT2D eigenvalue weighted by Gasteiger charge is 2.24. The maximum absolute atomic E-state index is 11.4. The number of ether oxygens (including phenoxy) is 1. The Balaban J connectivity index is 3.10. The highest BCUT2D eigenvalue weighted by atomic mass is 16.5. The van der Waals surface area contributed by atoms with Crippen LogP contribution >= 0.6 is 0 Å². The van der Waals surface area contributed by atoms with Crippen LogP contribution in [0.25, 0.3) is 0 Å². The maximum atomic E-state index is 11.4. The third-order valence-corrected chi connectivity index (χ3v) is 2.22. The third-order valence-electron chi connectivity index (χ3n) is 2.22. The zero-order valence-electron chi connectivity index (χ0n) is 10.3. The average molecular weight is 234 g/mol. The molecule has 6 heteroatoms. The Morgan fingerprint density at radius 3 is 2.41 bits per heavy atom. The van der Waals surface area contributed by atoms with Crippen LogP contribution in [-0.2, 0) is 9.53 Å². The number of aryl methyl sites for hydroxylation is 2. The van der Waals surface area contributed by atoms with Crippen LogP contribution < -0.4 is 4.90 Å². The van der Waals surface area contributed by atoms with Crippen molar-refractivity contribution in [2.24, 2.45) is 0 Å². The summed E-state index contributed by atoms with van der Waals surface area (Å²) in [5.74, 6) is -0.294. The van der Waals surface area contributed by atoms with Crippen LogP contribution in [0.1, 0.15) is 18.3 Å². The number of aromatic nitrogens is 2. The van der Waals surface area contributed by atoms with E-state index in [1.165, 1.54) is 7.11 Å². The van der Waals surface area contributed by atoms with Gasteiger partial charge >= 0.3 is 5.97 Å². The lowest BCUT2D eigenvalue weighted by Gasteiger charge is -2.19. The van der Waals surface area contributed by atoms with Gasteiger partial charge in [-0.3, -0.25) is 0 Å². The minimum Gasteiger partial charge on any atom is -0.467 e. The SMILES string of the molecule is COC(=O)[C@H](C)N(C#N)c1nc(C)cc(C)n1. The first-order valence-corrected chi connectivity index (χ1v) is 5.08. The quantitative estimate of drug-likeness (QED) is 0.440. The molecule has 0 saturated heterocycles. The molecule has 0 N–H and O–H groups in total. The molecule has 0 aliphatic heterocycles. The van der Waals surface area contributed by atoms with Crippen molar-refractivity contribution in [3.05, 3.63) is 17.5 Å². The van der Waals surface area contributed by atoms with Crippen molar-refractivity contribution < 1.29 is 9.53 Å². The molecule has 0 saturated carbocycles. The first kappa shape index (κ1) is 12.9. The molecule has 1 heterocycles. The van der Waals surface area contributed by atoms with E-state index in [2.05, 4.69) is 14.7 Å². The molecule has 0 amide bonds. The number of nitriles is 1. The third kappa shape index (κ3) is 2.91. The van der Waals surface area contributed by atoms with E-state index >= 15 is 0 Å². The van der Waals surface area contributed by atoms with Crippen molar-refractivity contribution in [2.75, 3.05) is 12.0 Å². The monoisotopic (exact) mass is 234 g/mol. The fourth-order valence-electron chi connectivity index (χ4n) is 1.40. The van der Waals surface area contributed by atoms with Crippen molar-refractivity contribution in [3.63, 3.8) is 0 Å². The lowest BCUT2D eigenvalue weighted by molar-refractivity contribution is -0.141. The minimum absolute atomic E-state index is 0.211. The van der Waals surface area contributed by atoms with E-state index in [-0.39, 0.29) is 5.95 Å². The van der Waals surface area contributed by atoms with Gasteiger partial charge in [0.2, 0.25) is 5.95 Å². The molecule has 1 atom stereocenters. The number of rotatable bonds is 3. The summed E-state index contributed by atoms with van der Waals surface area (Å²) in [5.41, 5.74) is 1.48. The molecule has 1 aromatic rings. The van der Waals surface area contributed by atoms with E-state index in [0.717, 1.165) is 16.3 Å². The Morgan fingerprint density at radius 1 is 1.47 bits per heavy atom. The highest BCUT2D eigenvalue weighted by Crippen LogP contribution is 2.13. The van der Waals surface area contributed by atoms with E-state index in [9.17, 15) is 4.79 Å². The number of hydrogen-bond donors (Lipinski definition) is 0. The summed E-state index contributed by atoms with van der Waals surface area (Å²) in [5, 5.41) is 9.06. The van der Waals surface area contributed by atoms with Crippen LogP contribution in [0.3, 0.4) is 0 Å². The lowest BCUT2D eigenvalue weighted by Crippen LogP contribution is -2.37. The number of methoxy groups -OCH3 is 1. The lowest BCUT2D eigenvalue weighted by atomic mass is 10.3. The van der Waals surface area contributed by atoms with Gasteiger partial charge in [-0.1, -0.05) is 0 Å². The Labute approximate surface area is 99.9 Å². The molecule has 0 fully saturated rings. The van der Waals surface area contributed by atoms with Crippen molar-refractivity contribution >= 4 is 11.9 Å². The van der Waals surface area contributed by atoms with Gasteiger partial charge in [-0.05, 0) is 26.8 Å². The first-order chi connectivity index (χ1) is 7.99. The molecule has 0 aliphatic rings. The first-order valence-electron chi connectivity index (χ1n) is 5.08. The summed E-state index contributed by atoms with van der Waals surface area (Å²) in [6.07, 6.45) is 1.90. The molecule has 0 spiro atoms. The molecule has 6 nitrogen and oxygen atoms in total. The molecular weight excluding hydrogens is 220 g/mol. The number of carbonyl (C=O) groups excluding carboxylic acids is 1. The number of esters is 1. The molecule has 0 unspecified atom stereocenters. The topological polar surface area (TPSA) is 79.1 Å². The Bertz CT molecular complexity index is 447. The predicted molar refractivity (Wildman–Crippen MR) is 61.1 cm³/mol. The Morgan fingerprint density at radius 2 is 2.00 bits per heavy atom. The molecule has 1 aromatic heterocycles. The van der Waals surface area contributed by atoms with Crippen LogP contribution in [0.5, 0.6) is 0 Å².